The maximum Gasteiger partial charge on any atom is 0.431 e. The molecular formula is C17H20F3N5O2S. The lowest BCUT2D eigenvalue weighted by Crippen LogP contribution is -2.42. The summed E-state index contributed by atoms with van der Waals surface area (Å²) < 4.78 is 66.5. The van der Waals surface area contributed by atoms with Crippen LogP contribution in [0.25, 0.3) is 10.9 Å². The van der Waals surface area contributed by atoms with Gasteiger partial charge >= 0.3 is 6.18 Å². The Morgan fingerprint density at radius 3 is 2.64 bits per heavy atom. The van der Waals surface area contributed by atoms with Crippen molar-refractivity contribution in [3.8, 4) is 0 Å². The Bertz CT molecular complexity index is 1050. The summed E-state index contributed by atoms with van der Waals surface area (Å²) in [5.74, 6) is 0.0643. The number of hydrazone groups is 1. The van der Waals surface area contributed by atoms with Gasteiger partial charge in [0, 0.05) is 29.1 Å². The number of sulfonamides is 1. The fraction of sp³-hybridized carbons (Fsp3) is 0.412. The molecule has 11 heteroatoms. The smallest absolute Gasteiger partial charge is 0.351 e. The number of H-pyrrole nitrogens is 1. The van der Waals surface area contributed by atoms with Crippen LogP contribution in [0.2, 0.25) is 0 Å². The van der Waals surface area contributed by atoms with Crippen molar-refractivity contribution in [3.63, 3.8) is 0 Å². The molecule has 0 saturated heterocycles. The van der Waals surface area contributed by atoms with Gasteiger partial charge in [0.1, 0.15) is 5.69 Å². The molecule has 1 aromatic carbocycles. The molecule has 0 unspecified atom stereocenters. The number of aliphatic imine (C=N–C) groups is 1. The lowest BCUT2D eigenvalue weighted by atomic mass is 9.97. The third kappa shape index (κ3) is 4.13. The molecule has 0 saturated carbocycles. The standard InChI is InChI=1S/C17H20F3N5O2S/c1-4-21-15(25-10-16(2,3)9-22-25)24-28(26,27)12-5-6-13-11(7-12)8-14(23-13)17(18,19)20/h5-9,23H,4,10H2,1-3H3,(H,21,24). The van der Waals surface area contributed by atoms with Crippen molar-refractivity contribution >= 4 is 33.1 Å². The van der Waals surface area contributed by atoms with E-state index in [1.807, 2.05) is 13.8 Å². The molecule has 152 valence electrons. The molecule has 7 nitrogen and oxygen atoms in total. The second-order valence-electron chi connectivity index (χ2n) is 7.12. The lowest BCUT2D eigenvalue weighted by Gasteiger charge is -2.21. The number of aromatic nitrogens is 1. The van der Waals surface area contributed by atoms with Crippen molar-refractivity contribution in [1.82, 2.24) is 14.7 Å². The summed E-state index contributed by atoms with van der Waals surface area (Å²) in [6, 6.07) is 4.60. The van der Waals surface area contributed by atoms with Crippen molar-refractivity contribution in [2.45, 2.75) is 31.8 Å². The van der Waals surface area contributed by atoms with Crippen LogP contribution in [0.3, 0.4) is 0 Å². The third-order valence-corrected chi connectivity index (χ3v) is 5.42. The van der Waals surface area contributed by atoms with E-state index in [1.165, 1.54) is 23.2 Å². The van der Waals surface area contributed by atoms with E-state index in [1.54, 1.807) is 13.1 Å². The molecular weight excluding hydrogens is 395 g/mol. The Morgan fingerprint density at radius 2 is 2.07 bits per heavy atom. The van der Waals surface area contributed by atoms with Gasteiger partial charge in [0.05, 0.1) is 11.4 Å². The van der Waals surface area contributed by atoms with Gasteiger partial charge in [0.2, 0.25) is 5.96 Å². The number of rotatable bonds is 3. The average Bonchev–Trinajstić information content (AvgIpc) is 3.16. The molecule has 28 heavy (non-hydrogen) atoms. The van der Waals surface area contributed by atoms with Gasteiger partial charge in [0.15, 0.2) is 0 Å². The molecule has 0 radical (unpaired) electrons. The van der Waals surface area contributed by atoms with Gasteiger partial charge in [-0.3, -0.25) is 4.99 Å². The summed E-state index contributed by atoms with van der Waals surface area (Å²) >= 11 is 0. The fourth-order valence-electron chi connectivity index (χ4n) is 2.75. The Hall–Kier alpha value is -2.56. The summed E-state index contributed by atoms with van der Waals surface area (Å²) in [6.07, 6.45) is -2.84. The van der Waals surface area contributed by atoms with Gasteiger partial charge in [-0.15, -0.1) is 0 Å². The Balaban J connectivity index is 1.91. The van der Waals surface area contributed by atoms with Crippen LogP contribution in [0, 0.1) is 5.41 Å². The van der Waals surface area contributed by atoms with Crippen LogP contribution in [0.5, 0.6) is 0 Å². The zero-order chi connectivity index (χ0) is 20.7. The second kappa shape index (κ2) is 6.80. The number of nitrogens with one attached hydrogen (secondary N) is 2. The van der Waals surface area contributed by atoms with E-state index in [9.17, 15) is 21.6 Å². The number of guanidine groups is 1. The number of halogens is 3. The maximum absolute atomic E-state index is 12.9. The van der Waals surface area contributed by atoms with Gasteiger partial charge in [-0.25, -0.2) is 18.1 Å². The van der Waals surface area contributed by atoms with Gasteiger partial charge in [-0.1, -0.05) is 13.8 Å². The van der Waals surface area contributed by atoms with E-state index in [4.69, 9.17) is 0 Å². The predicted octanol–water partition coefficient (Wildman–Crippen LogP) is 3.17. The molecule has 2 heterocycles. The molecule has 0 fully saturated rings. The van der Waals surface area contributed by atoms with E-state index in [-0.39, 0.29) is 27.2 Å². The number of nitrogens with zero attached hydrogens (tertiary/aromatic N) is 3. The van der Waals surface area contributed by atoms with Crippen LogP contribution in [0.4, 0.5) is 13.2 Å². The molecule has 0 aliphatic carbocycles. The summed E-state index contributed by atoms with van der Waals surface area (Å²) in [4.78, 5) is 6.23. The molecule has 0 bridgehead atoms. The highest BCUT2D eigenvalue weighted by Gasteiger charge is 2.33. The average molecular weight is 415 g/mol. The van der Waals surface area contributed by atoms with E-state index < -0.39 is 21.9 Å². The number of alkyl halides is 3. The number of hydrogen-bond acceptors (Lipinski definition) is 4. The first-order valence-corrected chi connectivity index (χ1v) is 9.99. The van der Waals surface area contributed by atoms with Crippen LogP contribution in [-0.4, -0.2) is 43.7 Å². The number of fused-ring (bicyclic) bond motifs is 1. The van der Waals surface area contributed by atoms with Crippen LogP contribution in [0.15, 0.2) is 39.3 Å². The lowest BCUT2D eigenvalue weighted by molar-refractivity contribution is -0.140. The quantitative estimate of drug-likeness (QED) is 0.596. The highest BCUT2D eigenvalue weighted by Crippen LogP contribution is 2.32. The van der Waals surface area contributed by atoms with Crippen LogP contribution < -0.4 is 4.72 Å². The summed E-state index contributed by atoms with van der Waals surface area (Å²) in [5.41, 5.74) is -0.982. The van der Waals surface area contributed by atoms with Crippen LogP contribution >= 0.6 is 0 Å². The molecule has 2 N–H and O–H groups in total. The summed E-state index contributed by atoms with van der Waals surface area (Å²) in [5, 5.41) is 5.79. The molecule has 0 atom stereocenters. The fourth-order valence-corrected chi connectivity index (χ4v) is 3.81. The minimum atomic E-state index is -4.54. The van der Waals surface area contributed by atoms with E-state index in [0.717, 1.165) is 6.07 Å². The molecule has 0 amide bonds. The van der Waals surface area contributed by atoms with Crippen LogP contribution in [0.1, 0.15) is 26.5 Å². The largest absolute Gasteiger partial charge is 0.431 e. The van der Waals surface area contributed by atoms with E-state index in [0.29, 0.717) is 13.1 Å². The highest BCUT2D eigenvalue weighted by atomic mass is 32.2. The van der Waals surface area contributed by atoms with Gasteiger partial charge < -0.3 is 4.98 Å². The number of hydrogen-bond donors (Lipinski definition) is 2. The van der Waals surface area contributed by atoms with Crippen molar-refractivity contribution in [1.29, 1.82) is 0 Å². The second-order valence-corrected chi connectivity index (χ2v) is 8.81. The Labute approximate surface area is 160 Å². The topological polar surface area (TPSA) is 89.9 Å². The third-order valence-electron chi connectivity index (χ3n) is 4.09. The molecule has 1 aromatic heterocycles. The monoisotopic (exact) mass is 415 g/mol. The highest BCUT2D eigenvalue weighted by molar-refractivity contribution is 7.90. The Morgan fingerprint density at radius 1 is 1.36 bits per heavy atom. The molecule has 1 aliphatic rings. The summed E-state index contributed by atoms with van der Waals surface area (Å²) in [7, 11) is -4.07. The van der Waals surface area contributed by atoms with Gasteiger partial charge in [-0.2, -0.15) is 18.3 Å². The molecule has 2 aromatic rings. The van der Waals surface area contributed by atoms with E-state index >= 15 is 0 Å². The minimum Gasteiger partial charge on any atom is -0.351 e. The zero-order valence-corrected chi connectivity index (χ0v) is 16.3. The first-order valence-electron chi connectivity index (χ1n) is 8.51. The first kappa shape index (κ1) is 20.2. The van der Waals surface area contributed by atoms with Crippen molar-refractivity contribution in [2.24, 2.45) is 15.5 Å². The van der Waals surface area contributed by atoms with Gasteiger partial charge in [-0.05, 0) is 31.2 Å². The van der Waals surface area contributed by atoms with Crippen molar-refractivity contribution in [3.05, 3.63) is 30.0 Å². The Kier molecular flexibility index (Phi) is 4.90. The normalized spacial score (nSPS) is 17.5. The molecule has 3 rings (SSSR count). The molecule has 0 spiro atoms. The van der Waals surface area contributed by atoms with Crippen LogP contribution in [-0.2, 0) is 16.2 Å². The first-order chi connectivity index (χ1) is 12.9. The maximum atomic E-state index is 12.9. The number of aromatic amines is 1. The zero-order valence-electron chi connectivity index (χ0n) is 15.5. The summed E-state index contributed by atoms with van der Waals surface area (Å²) in [6.45, 7) is 6.43. The number of benzene rings is 1. The van der Waals surface area contributed by atoms with Crippen molar-refractivity contribution < 1.29 is 21.6 Å². The predicted molar refractivity (Wildman–Crippen MR) is 101 cm³/mol. The molecule has 1 aliphatic heterocycles. The van der Waals surface area contributed by atoms with Crippen molar-refractivity contribution in [2.75, 3.05) is 13.1 Å². The SMILES string of the molecule is CCN=C(NS(=O)(=O)c1ccc2[nH]c(C(F)(F)F)cc2c1)N1CC(C)(C)C=N1. The minimum absolute atomic E-state index is 0.0643. The van der Waals surface area contributed by atoms with E-state index in [2.05, 4.69) is 19.8 Å². The van der Waals surface area contributed by atoms with Gasteiger partial charge in [0.25, 0.3) is 10.0 Å².